The number of aromatic hydroxyl groups is 2. The number of nitrogens with two attached hydrogens (primary N) is 4. The van der Waals surface area contributed by atoms with Gasteiger partial charge in [-0.2, -0.15) is 30.4 Å². The molecule has 2 aliphatic rings. The molecule has 0 bridgehead atoms. The van der Waals surface area contributed by atoms with Crippen LogP contribution in [0.25, 0.3) is 10.9 Å². The van der Waals surface area contributed by atoms with Gasteiger partial charge in [-0.15, -0.1) is 0 Å². The summed E-state index contributed by atoms with van der Waals surface area (Å²) >= 11 is 8.50. The van der Waals surface area contributed by atoms with Crippen LogP contribution in [0.15, 0.2) is 96.0 Å². The van der Waals surface area contributed by atoms with E-state index in [1.807, 2.05) is 0 Å². The molecule has 0 radical (unpaired) electrons. The number of thiol groups is 2. The van der Waals surface area contributed by atoms with Gasteiger partial charge in [-0.1, -0.05) is 42.5 Å². The maximum absolute atomic E-state index is 15.4. The molecule has 0 unspecified atom stereocenters. The van der Waals surface area contributed by atoms with Gasteiger partial charge in [0.15, 0.2) is 5.96 Å². The van der Waals surface area contributed by atoms with Crippen molar-refractivity contribution in [3.8, 4) is 11.5 Å². The molecule has 14 atom stereocenters. The lowest BCUT2D eigenvalue weighted by Gasteiger charge is -2.31. The first-order valence-corrected chi connectivity index (χ1v) is 41.4. The topological polar surface area (TPSA) is 746 Å². The average Bonchev–Trinajstić information content (AvgIpc) is 1.68. The number of carbonyl (C=O) groups is 17. The Morgan fingerprint density at radius 1 is 0.659 bits per heavy atom. The molecule has 0 spiro atoms. The Morgan fingerprint density at radius 2 is 1.22 bits per heavy atom. The summed E-state index contributed by atoms with van der Waals surface area (Å²) < 4.78 is 0. The number of benzene rings is 3. The molecule has 0 aliphatic carbocycles. The van der Waals surface area contributed by atoms with Crippen molar-refractivity contribution in [3.05, 3.63) is 108 Å². The molecule has 30 N–H and O–H groups in total. The Balaban J connectivity index is 1.52. The van der Waals surface area contributed by atoms with Gasteiger partial charge in [0, 0.05) is 100 Å². The van der Waals surface area contributed by atoms with Crippen LogP contribution in [0.1, 0.15) is 101 Å². The first kappa shape index (κ1) is 101. The monoisotopic (exact) mass is 1800 g/mol. The zero-order valence-corrected chi connectivity index (χ0v) is 70.7. The number of primary amides is 2. The maximum Gasteiger partial charge on any atom is 0.326 e. The van der Waals surface area contributed by atoms with E-state index in [1.54, 1.807) is 24.3 Å². The molecule has 4 aromatic rings. The Hall–Kier alpha value is -13.4. The van der Waals surface area contributed by atoms with Gasteiger partial charge < -0.3 is 138 Å². The van der Waals surface area contributed by atoms with Crippen molar-refractivity contribution >= 4 is 143 Å². The Bertz CT molecular complexity index is 4600. The second kappa shape index (κ2) is 50.4. The number of phenolic OH excluding ortho intramolecular Hbond substituents is 2. The molecular formula is C78H110N24O22S2. The van der Waals surface area contributed by atoms with Gasteiger partial charge in [0.05, 0.1) is 24.8 Å². The van der Waals surface area contributed by atoms with E-state index in [1.165, 1.54) is 54.7 Å². The quantitative estimate of drug-likeness (QED) is 0.00712. The minimum absolute atomic E-state index is 0.0265. The predicted octanol–water partition coefficient (Wildman–Crippen LogP) is -5.86. The van der Waals surface area contributed by atoms with Crippen LogP contribution in [0, 0.1) is 10.9 Å². The van der Waals surface area contributed by atoms with Crippen molar-refractivity contribution in [1.29, 1.82) is 10.9 Å². The van der Waals surface area contributed by atoms with Crippen LogP contribution >= 0.6 is 25.3 Å². The van der Waals surface area contributed by atoms with E-state index in [0.717, 1.165) is 30.0 Å². The lowest BCUT2D eigenvalue weighted by atomic mass is 10.0. The van der Waals surface area contributed by atoms with E-state index in [-0.39, 0.29) is 94.7 Å². The van der Waals surface area contributed by atoms with Gasteiger partial charge in [0.2, 0.25) is 82.7 Å². The molecule has 46 nitrogen and oxygen atoms in total. The summed E-state index contributed by atoms with van der Waals surface area (Å²) in [6.07, 6.45) is -5.25. The van der Waals surface area contributed by atoms with Crippen LogP contribution < -0.4 is 97.4 Å². The van der Waals surface area contributed by atoms with Gasteiger partial charge in [-0.05, 0) is 112 Å². The average molecular weight is 1800 g/mol. The molecular weight excluding hydrogens is 1690 g/mol. The van der Waals surface area contributed by atoms with Crippen molar-refractivity contribution in [1.82, 2.24) is 89.2 Å². The lowest BCUT2D eigenvalue weighted by Crippen LogP contribution is -2.62. The summed E-state index contributed by atoms with van der Waals surface area (Å²) in [5.74, 6) is -20.6. The van der Waals surface area contributed by atoms with Crippen molar-refractivity contribution in [2.75, 3.05) is 51.3 Å². The number of nitrogens with zero attached hydrogens (tertiary/aromatic N) is 3. The molecule has 126 heavy (non-hydrogen) atoms. The van der Waals surface area contributed by atoms with Crippen molar-refractivity contribution < 1.29 is 107 Å². The number of fused-ring (bicyclic) bond motifs is 2. The number of H-pyrrole nitrogens is 1. The molecule has 686 valence electrons. The molecule has 0 saturated carbocycles. The van der Waals surface area contributed by atoms with E-state index in [9.17, 15) is 87.9 Å². The molecule has 16 amide bonds. The normalized spacial score (nSPS) is 21.7. The third kappa shape index (κ3) is 32.1. The second-order valence-corrected chi connectivity index (χ2v) is 30.6. The highest BCUT2D eigenvalue weighted by molar-refractivity contribution is 7.80. The molecule has 6 rings (SSSR count). The summed E-state index contributed by atoms with van der Waals surface area (Å²) in [7, 11) is 1.15. The van der Waals surface area contributed by atoms with Crippen molar-refractivity contribution in [2.45, 2.75) is 188 Å². The Labute approximate surface area is 732 Å². The van der Waals surface area contributed by atoms with Gasteiger partial charge >= 0.3 is 18.0 Å². The number of hydrogen-bond acceptors (Lipinski definition) is 27. The third-order valence-electron chi connectivity index (χ3n) is 20.4. The number of urea groups is 1. The highest BCUT2D eigenvalue weighted by atomic mass is 32.1. The number of aromatic nitrogens is 1. The fourth-order valence-corrected chi connectivity index (χ4v) is 14.1. The molecule has 1 saturated heterocycles. The number of phenols is 2. The number of carboxylic acids is 2. The number of amides is 16. The van der Waals surface area contributed by atoms with E-state index in [2.05, 4.69) is 110 Å². The number of carbonyl (C=O) groups excluding carboxylic acids is 15. The molecule has 1 aromatic heterocycles. The molecule has 3 aromatic carbocycles. The minimum atomic E-state index is -2.14. The van der Waals surface area contributed by atoms with Gasteiger partial charge in [-0.3, -0.25) is 77.3 Å². The van der Waals surface area contributed by atoms with Crippen LogP contribution in [0.2, 0.25) is 0 Å². The number of aliphatic hydroxyl groups excluding tert-OH is 1. The third-order valence-corrected chi connectivity index (χ3v) is 21.1. The van der Waals surface area contributed by atoms with Gasteiger partial charge in [0.25, 0.3) is 0 Å². The van der Waals surface area contributed by atoms with E-state index in [0.29, 0.717) is 27.6 Å². The summed E-state index contributed by atoms with van der Waals surface area (Å²) in [6.45, 7) is -0.408. The molecule has 1 fully saturated rings. The van der Waals surface area contributed by atoms with Crippen LogP contribution in [-0.4, -0.2) is 283 Å². The predicted molar refractivity (Wildman–Crippen MR) is 456 cm³/mol. The number of likely N-dealkylation sites (N-methyl/N-ethyl adjacent to an activating group) is 1. The maximum atomic E-state index is 15.4. The van der Waals surface area contributed by atoms with Crippen LogP contribution in [0.5, 0.6) is 11.5 Å². The minimum Gasteiger partial charge on any atom is -0.508 e. The van der Waals surface area contributed by atoms with Crippen LogP contribution in [0.4, 0.5) is 4.79 Å². The summed E-state index contributed by atoms with van der Waals surface area (Å²) in [5, 5.41) is 98.9. The number of para-hydroxylation sites is 1. The van der Waals surface area contributed by atoms with Gasteiger partial charge in [-0.25, -0.2) is 15.1 Å². The smallest absolute Gasteiger partial charge is 0.326 e. The van der Waals surface area contributed by atoms with E-state index in [4.69, 9.17) is 33.9 Å². The SMILES string of the molecule is C[C@H](O)[C@H]1NC(=O)[C@H](NC(=O)[C@@H](CS)NC(=O)CN)CC(N=N)=CNCCC[C@@H](C(=O)N[C@H](Cc2ccc(O)cc2)C(=O)N(C)[C@@H](Cc2ccc(O)cc2)C(=O)O)NC(=O)[C@H](CCC(N)=O)NC(=O)[C@@H](Cc2c[nH]c3ccccc23)NC(=O)[C@H](CCCNC(N)=O)NC(=O)[C@@H](CS)NC(=O)[C@H](CCCNC(=N)N)NC(=O)[C@H]2CCCN2C(=O)[C@H](CC(=O)O)NC1=O. The largest absolute Gasteiger partial charge is 0.508 e. The fourth-order valence-electron chi connectivity index (χ4n) is 13.6. The first-order chi connectivity index (χ1) is 59.8. The summed E-state index contributed by atoms with van der Waals surface area (Å²) in [5.41, 5.74) is 31.5. The number of aromatic amines is 1. The number of nitrogens with one attached hydrogen (secondary N) is 17. The first-order valence-electron chi connectivity index (χ1n) is 40.1. The number of aliphatic carboxylic acids is 2. The molecule has 3 heterocycles. The lowest BCUT2D eigenvalue weighted by molar-refractivity contribution is -0.150. The highest BCUT2D eigenvalue weighted by Gasteiger charge is 2.43. The number of hydrogen-bond donors (Lipinski definition) is 28. The zero-order valence-electron chi connectivity index (χ0n) is 68.9. The Kier molecular flexibility index (Phi) is 40.6. The Morgan fingerprint density at radius 3 is 1.79 bits per heavy atom. The van der Waals surface area contributed by atoms with Gasteiger partial charge in [0.1, 0.15) is 90.0 Å². The second-order valence-electron chi connectivity index (χ2n) is 29.8. The molecule has 2 aliphatic heterocycles. The number of aliphatic hydroxyl groups is 1. The van der Waals surface area contributed by atoms with Crippen LogP contribution in [-0.2, 0) is 96.0 Å². The van der Waals surface area contributed by atoms with E-state index >= 15 is 19.2 Å². The summed E-state index contributed by atoms with van der Waals surface area (Å²) in [6, 6.07) is -6.48. The zero-order chi connectivity index (χ0) is 93.0. The fraction of sp³-hybridized carbons (Fsp3) is 0.487. The highest BCUT2D eigenvalue weighted by Crippen LogP contribution is 2.24. The molecule has 48 heteroatoms. The van der Waals surface area contributed by atoms with E-state index < -0.39 is 254 Å². The van der Waals surface area contributed by atoms with Crippen LogP contribution in [0.3, 0.4) is 0 Å². The van der Waals surface area contributed by atoms with Crippen molar-refractivity contribution in [3.63, 3.8) is 0 Å². The number of rotatable bonds is 32. The summed E-state index contributed by atoms with van der Waals surface area (Å²) in [4.78, 5) is 246. The number of carboxylic acid groups (broad SMARTS) is 2. The number of guanidine groups is 1. The van der Waals surface area contributed by atoms with Crippen molar-refractivity contribution in [2.24, 2.45) is 28.0 Å². The standard InChI is InChI=1S/C78H110N24O22S2/c1-39(103)63-73(119)97-55(33-62(108)109)75(121)102-28-8-14-58(102)72(118)93-50(12-6-26-86-77(81)82)66(112)98-57(38-126)71(117)91-49(13-7-27-87-78(83)124)64(110)94-52(31-42-35-88-47-10-4-3-9-46(42)47)68(114)92-51(23-24-60(80)106)67(113)90-48(11-5-25-85-36-43(100-84)32-53(69(115)99-63)95-70(116)56(37-125)89-61(107)34-79)65(111)96-54(29-40-15-19-44(104)20-16-40)74(120)101(2)59(76(122)123)30-41-17-21-45(105)22-18-41/h3-4,9-10,15-22,35-36,39,48-59,63,84-85,88,103-105,125-126H,5-8,11-14,23-34,37-38,79H2,1-2H3,(H2,80,106)(H,89,107)(H,90,113)(H,91,117)(H,92,114)(H,93,118)(H,94,110)(H,95,116)(H,96,111)(H,97,119)(H,98,112)(H,99,115)(H,108,109)(H,122,123)(H4,81,82,86)(H3,83,87,124)/t39-,48-,49-,50-,51-,52+,53+,54+,55-,56+,57+,58+,59-,63+/m0/s1.